The highest BCUT2D eigenvalue weighted by molar-refractivity contribution is 6.32. The highest BCUT2D eigenvalue weighted by Gasteiger charge is 2.17. The molecule has 1 unspecified atom stereocenters. The molecule has 0 aliphatic carbocycles. The van der Waals surface area contributed by atoms with E-state index in [0.29, 0.717) is 30.4 Å². The first-order valence-corrected chi connectivity index (χ1v) is 10.6. The molecule has 0 amide bonds. The zero-order chi connectivity index (χ0) is 21.6. The lowest BCUT2D eigenvalue weighted by Gasteiger charge is -2.25. The molecule has 0 saturated heterocycles. The summed E-state index contributed by atoms with van der Waals surface area (Å²) in [6, 6.07) is 19.8. The van der Waals surface area contributed by atoms with Crippen molar-refractivity contribution in [2.45, 2.75) is 45.4 Å². The summed E-state index contributed by atoms with van der Waals surface area (Å²) in [4.78, 5) is 2.16. The molecule has 30 heavy (non-hydrogen) atoms. The van der Waals surface area contributed by atoms with Crippen LogP contribution in [0.3, 0.4) is 0 Å². The van der Waals surface area contributed by atoms with Crippen LogP contribution in [0.25, 0.3) is 0 Å². The van der Waals surface area contributed by atoms with E-state index in [2.05, 4.69) is 49.9 Å². The molecule has 0 saturated carbocycles. The molecule has 0 aliphatic heterocycles. The van der Waals surface area contributed by atoms with E-state index in [1.165, 1.54) is 11.1 Å². The molecule has 3 aromatic rings. The van der Waals surface area contributed by atoms with Gasteiger partial charge < -0.3 is 14.3 Å². The van der Waals surface area contributed by atoms with Gasteiger partial charge in [0, 0.05) is 13.1 Å². The highest BCUT2D eigenvalue weighted by Crippen LogP contribution is 2.24. The molecular weight excluding hydrogens is 398 g/mol. The Morgan fingerprint density at radius 3 is 2.37 bits per heavy atom. The minimum Gasteiger partial charge on any atom is -0.489 e. The number of hydrogen-bond donors (Lipinski definition) is 1. The minimum atomic E-state index is -0.662. The van der Waals surface area contributed by atoms with E-state index >= 15 is 0 Å². The summed E-state index contributed by atoms with van der Waals surface area (Å²) in [5, 5.41) is 11.1. The van der Waals surface area contributed by atoms with Crippen molar-refractivity contribution in [2.75, 3.05) is 13.2 Å². The van der Waals surface area contributed by atoms with Crippen LogP contribution in [0, 0.1) is 0 Å². The molecular formula is C25H30ClNO3. The molecule has 0 bridgehead atoms. The van der Waals surface area contributed by atoms with Gasteiger partial charge in [-0.15, -0.1) is 0 Å². The number of halogens is 1. The summed E-state index contributed by atoms with van der Waals surface area (Å²) in [6.45, 7) is 8.56. The van der Waals surface area contributed by atoms with E-state index in [0.717, 1.165) is 5.76 Å². The van der Waals surface area contributed by atoms with Crippen LogP contribution in [-0.4, -0.2) is 29.3 Å². The highest BCUT2D eigenvalue weighted by atomic mass is 35.5. The first kappa shape index (κ1) is 22.4. The van der Waals surface area contributed by atoms with Gasteiger partial charge >= 0.3 is 0 Å². The summed E-state index contributed by atoms with van der Waals surface area (Å²) in [5.41, 5.74) is 2.62. The molecule has 2 aromatic carbocycles. The van der Waals surface area contributed by atoms with Crippen molar-refractivity contribution in [1.29, 1.82) is 0 Å². The zero-order valence-corrected chi connectivity index (χ0v) is 18.6. The van der Waals surface area contributed by atoms with Crippen molar-refractivity contribution < 1.29 is 14.3 Å². The third kappa shape index (κ3) is 6.63. The van der Waals surface area contributed by atoms with Gasteiger partial charge in [0.15, 0.2) is 0 Å². The van der Waals surface area contributed by atoms with Crippen LogP contribution in [0.2, 0.25) is 5.02 Å². The van der Waals surface area contributed by atoms with Gasteiger partial charge in [0.1, 0.15) is 24.2 Å². The van der Waals surface area contributed by atoms with Crippen molar-refractivity contribution in [2.24, 2.45) is 0 Å². The smallest absolute Gasteiger partial charge is 0.138 e. The molecule has 160 valence electrons. The van der Waals surface area contributed by atoms with E-state index in [1.54, 1.807) is 18.4 Å². The maximum Gasteiger partial charge on any atom is 0.138 e. The van der Waals surface area contributed by atoms with Gasteiger partial charge in [-0.25, -0.2) is 0 Å². The summed E-state index contributed by atoms with van der Waals surface area (Å²) < 4.78 is 11.2. The minimum absolute atomic E-state index is 0.124. The number of hydrogen-bond acceptors (Lipinski definition) is 4. The van der Waals surface area contributed by atoms with Gasteiger partial charge in [0.25, 0.3) is 0 Å². The number of ether oxygens (including phenoxy) is 1. The molecule has 1 N–H and O–H groups in total. The lowest BCUT2D eigenvalue weighted by atomic mass is 9.87. The molecule has 3 rings (SSSR count). The fourth-order valence-corrected chi connectivity index (χ4v) is 3.47. The fraction of sp³-hybridized carbons (Fsp3) is 0.360. The quantitative estimate of drug-likeness (QED) is 0.477. The van der Waals surface area contributed by atoms with E-state index in [-0.39, 0.29) is 12.0 Å². The van der Waals surface area contributed by atoms with E-state index < -0.39 is 6.10 Å². The van der Waals surface area contributed by atoms with E-state index in [9.17, 15) is 5.11 Å². The number of benzene rings is 2. The number of nitrogens with zero attached hydrogens (tertiary/aromatic N) is 1. The maximum absolute atomic E-state index is 10.6. The molecule has 1 atom stereocenters. The van der Waals surface area contributed by atoms with Crippen LogP contribution < -0.4 is 4.74 Å². The third-order valence-electron chi connectivity index (χ3n) is 4.92. The van der Waals surface area contributed by atoms with Gasteiger partial charge in [-0.1, -0.05) is 68.8 Å². The lowest BCUT2D eigenvalue weighted by molar-refractivity contribution is 0.0605. The van der Waals surface area contributed by atoms with Crippen LogP contribution in [0.5, 0.6) is 5.75 Å². The van der Waals surface area contributed by atoms with Gasteiger partial charge in [-0.2, -0.15) is 0 Å². The summed E-state index contributed by atoms with van der Waals surface area (Å²) >= 11 is 6.13. The van der Waals surface area contributed by atoms with Crippen molar-refractivity contribution in [3.63, 3.8) is 0 Å². The molecule has 0 aliphatic rings. The number of furan rings is 1. The Kier molecular flexibility index (Phi) is 7.59. The monoisotopic (exact) mass is 427 g/mol. The Labute approximate surface area is 184 Å². The number of rotatable bonds is 9. The van der Waals surface area contributed by atoms with Gasteiger partial charge in [-0.3, -0.25) is 4.90 Å². The van der Waals surface area contributed by atoms with Crippen LogP contribution in [-0.2, 0) is 18.5 Å². The third-order valence-corrected chi connectivity index (χ3v) is 5.23. The Hall–Kier alpha value is -2.27. The lowest BCUT2D eigenvalue weighted by Crippen LogP contribution is -2.35. The molecule has 1 heterocycles. The number of aliphatic hydroxyl groups is 1. The van der Waals surface area contributed by atoms with Crippen molar-refractivity contribution in [3.05, 3.63) is 88.8 Å². The molecule has 0 spiro atoms. The molecule has 4 nitrogen and oxygen atoms in total. The normalized spacial score (nSPS) is 12.9. The first-order valence-electron chi connectivity index (χ1n) is 10.2. The zero-order valence-electron chi connectivity index (χ0n) is 17.8. The number of para-hydroxylation sites is 1. The molecule has 0 fully saturated rings. The average Bonchev–Trinajstić information content (AvgIpc) is 3.20. The predicted octanol–water partition coefficient (Wildman–Crippen LogP) is 5.67. The standard InChI is InChI=1S/C25H30ClNO3/c1-25(2,3)20-12-10-19(11-13-20)15-27(17-22-7-6-14-29-22)16-21(28)18-30-24-9-5-4-8-23(24)26/h4-14,21,28H,15-18H2,1-3H3. The van der Waals surface area contributed by atoms with Crippen molar-refractivity contribution in [1.82, 2.24) is 4.90 Å². The second kappa shape index (κ2) is 10.2. The van der Waals surface area contributed by atoms with Gasteiger partial charge in [0.2, 0.25) is 0 Å². The van der Waals surface area contributed by atoms with Crippen LogP contribution in [0.1, 0.15) is 37.7 Å². The Bertz CT molecular complexity index is 901. The van der Waals surface area contributed by atoms with E-state index in [4.69, 9.17) is 20.8 Å². The van der Waals surface area contributed by atoms with Crippen molar-refractivity contribution >= 4 is 11.6 Å². The number of aliphatic hydroxyl groups excluding tert-OH is 1. The maximum atomic E-state index is 10.6. The Balaban J connectivity index is 1.64. The van der Waals surface area contributed by atoms with Crippen LogP contribution >= 0.6 is 11.6 Å². The SMILES string of the molecule is CC(C)(C)c1ccc(CN(Cc2ccco2)CC(O)COc2ccccc2Cl)cc1. The summed E-state index contributed by atoms with van der Waals surface area (Å²) in [6.07, 6.45) is 1.01. The second-order valence-corrected chi connectivity index (χ2v) is 9.00. The Morgan fingerprint density at radius 1 is 1.00 bits per heavy atom. The van der Waals surface area contributed by atoms with Crippen molar-refractivity contribution in [3.8, 4) is 5.75 Å². The summed E-state index contributed by atoms with van der Waals surface area (Å²) in [5.74, 6) is 1.44. The summed E-state index contributed by atoms with van der Waals surface area (Å²) in [7, 11) is 0. The molecule has 1 aromatic heterocycles. The fourth-order valence-electron chi connectivity index (χ4n) is 3.27. The molecule has 0 radical (unpaired) electrons. The molecule has 5 heteroatoms. The van der Waals surface area contributed by atoms with Gasteiger partial charge in [-0.05, 0) is 40.8 Å². The van der Waals surface area contributed by atoms with Gasteiger partial charge in [0.05, 0.1) is 17.8 Å². The predicted molar refractivity (Wildman–Crippen MR) is 121 cm³/mol. The topological polar surface area (TPSA) is 45.8 Å². The van der Waals surface area contributed by atoms with Crippen LogP contribution in [0.4, 0.5) is 0 Å². The Morgan fingerprint density at radius 2 is 1.73 bits per heavy atom. The van der Waals surface area contributed by atoms with Crippen LogP contribution in [0.15, 0.2) is 71.3 Å². The largest absolute Gasteiger partial charge is 0.489 e. The first-order chi connectivity index (χ1) is 14.3. The average molecular weight is 428 g/mol. The van der Waals surface area contributed by atoms with E-state index in [1.807, 2.05) is 24.3 Å². The second-order valence-electron chi connectivity index (χ2n) is 8.59.